The first-order chi connectivity index (χ1) is 5.76. The van der Waals surface area contributed by atoms with E-state index in [4.69, 9.17) is 11.7 Å². The molecular weight excluding hydrogens is 158 g/mol. The lowest BCUT2D eigenvalue weighted by molar-refractivity contribution is -0.138. The molecule has 0 aliphatic rings. The van der Waals surface area contributed by atoms with E-state index in [-0.39, 0.29) is 5.70 Å². The van der Waals surface area contributed by atoms with Crippen LogP contribution in [0.1, 0.15) is 19.8 Å². The van der Waals surface area contributed by atoms with Crippen molar-refractivity contribution in [1.29, 1.82) is 0 Å². The number of nitrogens with zero attached hydrogens (tertiary/aromatic N) is 1. The van der Waals surface area contributed by atoms with E-state index in [2.05, 4.69) is 9.58 Å². The molecule has 0 aromatic carbocycles. The van der Waals surface area contributed by atoms with Crippen LogP contribution in [-0.2, 0) is 9.53 Å². The molecule has 1 N–H and O–H groups in total. The third-order valence-electron chi connectivity index (χ3n) is 1.18. The Morgan fingerprint density at radius 1 is 1.75 bits per heavy atom. The van der Waals surface area contributed by atoms with Gasteiger partial charge in [-0.05, 0) is 6.42 Å². The van der Waals surface area contributed by atoms with Crippen molar-refractivity contribution in [2.45, 2.75) is 19.8 Å². The third kappa shape index (κ3) is 3.62. The summed E-state index contributed by atoms with van der Waals surface area (Å²) in [5.41, 5.74) is -0.383. The highest BCUT2D eigenvalue weighted by Gasteiger charge is 2.09. The molecule has 0 aliphatic heterocycles. The minimum atomic E-state index is -0.763. The number of carbonyl (C=O) groups is 1. The Kier molecular flexibility index (Phi) is 5.45. The van der Waals surface area contributed by atoms with Crippen LogP contribution in [0.3, 0.4) is 0 Å². The molecule has 0 saturated carbocycles. The van der Waals surface area contributed by atoms with Crippen molar-refractivity contribution in [3.8, 4) is 0 Å². The monoisotopic (exact) mass is 169 g/mol. The Hall–Kier alpha value is -1.50. The summed E-state index contributed by atoms with van der Waals surface area (Å²) in [7, 11) is 0. The van der Waals surface area contributed by atoms with E-state index in [1.54, 1.807) is 0 Å². The molecule has 4 heteroatoms. The molecule has 0 rings (SSSR count). The lowest BCUT2D eigenvalue weighted by Gasteiger charge is -2.00. The Bertz CT molecular complexity index is 215. The summed E-state index contributed by atoms with van der Waals surface area (Å²) in [5.74, 6) is -0.763. The van der Waals surface area contributed by atoms with Crippen molar-refractivity contribution < 1.29 is 14.6 Å². The highest BCUT2D eigenvalue weighted by atomic mass is 16.5. The molecule has 0 saturated heterocycles. The SMILES string of the molecule is [C-]#[N+]C(=CO)C(=O)OCCCC. The second kappa shape index (κ2) is 6.23. The van der Waals surface area contributed by atoms with Gasteiger partial charge in [0.1, 0.15) is 0 Å². The van der Waals surface area contributed by atoms with Crippen LogP contribution < -0.4 is 0 Å². The smallest absolute Gasteiger partial charge is 0.339 e. The first kappa shape index (κ1) is 10.5. The minimum Gasteiger partial charge on any atom is -0.526 e. The van der Waals surface area contributed by atoms with Crippen LogP contribution in [0, 0.1) is 6.57 Å². The molecular formula is C8H11NO3. The molecule has 0 aromatic heterocycles. The molecule has 0 aromatic rings. The van der Waals surface area contributed by atoms with Crippen LogP contribution in [-0.4, -0.2) is 17.7 Å². The number of hydrogen-bond donors (Lipinski definition) is 1. The summed E-state index contributed by atoms with van der Waals surface area (Å²) in [4.78, 5) is 13.6. The van der Waals surface area contributed by atoms with Gasteiger partial charge in [-0.2, -0.15) is 0 Å². The maximum atomic E-state index is 10.8. The number of aliphatic hydroxyl groups is 1. The maximum Gasteiger partial charge on any atom is 0.339 e. The van der Waals surface area contributed by atoms with Crippen LogP contribution in [0.5, 0.6) is 0 Å². The Morgan fingerprint density at radius 3 is 2.83 bits per heavy atom. The standard InChI is InChI=1S/C8H11NO3/c1-3-4-5-12-8(11)7(6-10)9-2/h6,10H,3-5H2,1H3. The molecule has 0 bridgehead atoms. The van der Waals surface area contributed by atoms with Crippen molar-refractivity contribution in [3.63, 3.8) is 0 Å². The number of carbonyl (C=O) groups excluding carboxylic acids is 1. The van der Waals surface area contributed by atoms with Gasteiger partial charge in [0, 0.05) is 0 Å². The van der Waals surface area contributed by atoms with E-state index in [0.29, 0.717) is 12.9 Å². The lowest BCUT2D eigenvalue weighted by atomic mass is 10.4. The molecule has 0 atom stereocenters. The number of esters is 1. The van der Waals surface area contributed by atoms with Gasteiger partial charge in [-0.25, -0.2) is 4.85 Å². The second-order valence-corrected chi connectivity index (χ2v) is 2.12. The van der Waals surface area contributed by atoms with Gasteiger partial charge < -0.3 is 9.84 Å². The van der Waals surface area contributed by atoms with E-state index in [1.807, 2.05) is 6.92 Å². The Morgan fingerprint density at radius 2 is 2.42 bits per heavy atom. The Balaban J connectivity index is 3.81. The van der Waals surface area contributed by atoms with Gasteiger partial charge in [0.25, 0.3) is 0 Å². The van der Waals surface area contributed by atoms with Gasteiger partial charge in [0.05, 0.1) is 19.4 Å². The minimum absolute atomic E-state index is 0.294. The number of hydrogen-bond acceptors (Lipinski definition) is 3. The van der Waals surface area contributed by atoms with Gasteiger partial charge in [-0.1, -0.05) is 13.3 Å². The van der Waals surface area contributed by atoms with Crippen LogP contribution in [0.25, 0.3) is 4.85 Å². The van der Waals surface area contributed by atoms with E-state index < -0.39 is 5.97 Å². The molecule has 4 nitrogen and oxygen atoms in total. The molecule has 0 amide bonds. The number of rotatable bonds is 4. The summed E-state index contributed by atoms with van der Waals surface area (Å²) in [6.07, 6.45) is 2.15. The van der Waals surface area contributed by atoms with Gasteiger partial charge in [-0.3, -0.25) is 4.79 Å². The molecule has 0 radical (unpaired) electrons. The summed E-state index contributed by atoms with van der Waals surface area (Å²) in [5, 5.41) is 8.38. The van der Waals surface area contributed by atoms with Gasteiger partial charge in [0.15, 0.2) is 0 Å². The van der Waals surface area contributed by atoms with E-state index in [0.717, 1.165) is 12.8 Å². The number of ether oxygens (including phenoxy) is 1. The summed E-state index contributed by atoms with van der Waals surface area (Å²) in [6.45, 7) is 8.72. The fourth-order valence-corrected chi connectivity index (χ4v) is 0.510. The van der Waals surface area contributed by atoms with E-state index in [1.165, 1.54) is 0 Å². The molecule has 0 aliphatic carbocycles. The normalized spacial score (nSPS) is 10.5. The van der Waals surface area contributed by atoms with Crippen molar-refractivity contribution in [2.24, 2.45) is 0 Å². The first-order valence-corrected chi connectivity index (χ1v) is 3.65. The zero-order valence-electron chi connectivity index (χ0n) is 6.91. The van der Waals surface area contributed by atoms with Gasteiger partial charge in [0.2, 0.25) is 0 Å². The molecule has 66 valence electrons. The van der Waals surface area contributed by atoms with Crippen molar-refractivity contribution in [2.75, 3.05) is 6.61 Å². The second-order valence-electron chi connectivity index (χ2n) is 2.12. The molecule has 0 fully saturated rings. The average Bonchev–Trinajstić information content (AvgIpc) is 2.07. The zero-order valence-corrected chi connectivity index (χ0v) is 6.91. The fourth-order valence-electron chi connectivity index (χ4n) is 0.510. The predicted octanol–water partition coefficient (Wildman–Crippen LogP) is 1.65. The van der Waals surface area contributed by atoms with Crippen LogP contribution in [0.15, 0.2) is 12.0 Å². The van der Waals surface area contributed by atoms with Crippen molar-refractivity contribution in [1.82, 2.24) is 0 Å². The lowest BCUT2D eigenvalue weighted by Crippen LogP contribution is -2.06. The molecule has 12 heavy (non-hydrogen) atoms. The summed E-state index contributed by atoms with van der Waals surface area (Å²) >= 11 is 0. The topological polar surface area (TPSA) is 50.9 Å². The van der Waals surface area contributed by atoms with Crippen LogP contribution in [0.4, 0.5) is 0 Å². The van der Waals surface area contributed by atoms with Gasteiger partial charge >= 0.3 is 11.7 Å². The average molecular weight is 169 g/mol. The first-order valence-electron chi connectivity index (χ1n) is 3.65. The molecule has 0 unspecified atom stereocenters. The predicted molar refractivity (Wildman–Crippen MR) is 43.2 cm³/mol. The van der Waals surface area contributed by atoms with Crippen LogP contribution >= 0.6 is 0 Å². The largest absolute Gasteiger partial charge is 0.526 e. The highest BCUT2D eigenvalue weighted by molar-refractivity contribution is 5.89. The number of unbranched alkanes of at least 4 members (excludes halogenated alkanes) is 1. The highest BCUT2D eigenvalue weighted by Crippen LogP contribution is 1.99. The van der Waals surface area contributed by atoms with Crippen molar-refractivity contribution >= 4 is 5.97 Å². The van der Waals surface area contributed by atoms with E-state index in [9.17, 15) is 4.79 Å². The van der Waals surface area contributed by atoms with Crippen LogP contribution in [0.2, 0.25) is 0 Å². The fraction of sp³-hybridized carbons (Fsp3) is 0.500. The molecule has 0 spiro atoms. The van der Waals surface area contributed by atoms with E-state index >= 15 is 0 Å². The summed E-state index contributed by atoms with van der Waals surface area (Å²) in [6, 6.07) is 0. The van der Waals surface area contributed by atoms with Gasteiger partial charge in [-0.15, -0.1) is 0 Å². The maximum absolute atomic E-state index is 10.8. The quantitative estimate of drug-likeness (QED) is 0.229. The van der Waals surface area contributed by atoms with Crippen molar-refractivity contribution in [3.05, 3.63) is 23.4 Å². The zero-order chi connectivity index (χ0) is 9.40. The third-order valence-corrected chi connectivity index (χ3v) is 1.18. The Labute approximate surface area is 71.3 Å². The number of aliphatic hydroxyl groups excluding tert-OH is 1. The summed E-state index contributed by atoms with van der Waals surface area (Å²) < 4.78 is 4.65. The molecule has 0 heterocycles.